The highest BCUT2D eigenvalue weighted by atomic mass is 15.0. The zero-order chi connectivity index (χ0) is 13.0. The fraction of sp³-hybridized carbons (Fsp3) is 0.375. The molecule has 0 unspecified atom stereocenters. The molecule has 0 aliphatic heterocycles. The van der Waals surface area contributed by atoms with Gasteiger partial charge in [-0.1, -0.05) is 30.3 Å². The summed E-state index contributed by atoms with van der Waals surface area (Å²) in [7, 11) is 0. The van der Waals surface area contributed by atoms with Crippen molar-refractivity contribution in [2.45, 2.75) is 39.4 Å². The third kappa shape index (κ3) is 3.74. The summed E-state index contributed by atoms with van der Waals surface area (Å²) in [6.07, 6.45) is 2.15. The van der Waals surface area contributed by atoms with E-state index >= 15 is 0 Å². The molecule has 0 atom stereocenters. The average Bonchev–Trinajstić information content (AvgIpc) is 2.74. The molecule has 0 fully saturated rings. The van der Waals surface area contributed by atoms with E-state index < -0.39 is 0 Å². The smallest absolute Gasteiger partial charge is 0.0473 e. The van der Waals surface area contributed by atoms with Crippen LogP contribution in [0.4, 0.5) is 0 Å². The summed E-state index contributed by atoms with van der Waals surface area (Å²) in [5.41, 5.74) is 2.82. The van der Waals surface area contributed by atoms with Gasteiger partial charge in [0.15, 0.2) is 0 Å². The van der Waals surface area contributed by atoms with Crippen LogP contribution in [0.1, 0.15) is 32.0 Å². The van der Waals surface area contributed by atoms with Gasteiger partial charge in [-0.05, 0) is 38.5 Å². The van der Waals surface area contributed by atoms with Crippen LogP contribution in [0, 0.1) is 0 Å². The molecule has 1 aromatic heterocycles. The number of nitrogens with one attached hydrogen (secondary N) is 1. The Morgan fingerprint density at radius 3 is 2.39 bits per heavy atom. The molecule has 2 aromatic rings. The first-order valence-corrected chi connectivity index (χ1v) is 6.47. The molecule has 96 valence electrons. The molecule has 0 saturated carbocycles. The van der Waals surface area contributed by atoms with Crippen molar-refractivity contribution in [2.75, 3.05) is 0 Å². The minimum Gasteiger partial charge on any atom is -0.346 e. The predicted molar refractivity (Wildman–Crippen MR) is 76.6 cm³/mol. The Labute approximate surface area is 110 Å². The lowest BCUT2D eigenvalue weighted by Crippen LogP contribution is -2.35. The molecule has 0 spiro atoms. The number of aromatic nitrogens is 1. The van der Waals surface area contributed by atoms with Crippen molar-refractivity contribution in [3.8, 4) is 0 Å². The van der Waals surface area contributed by atoms with Gasteiger partial charge in [-0.25, -0.2) is 0 Å². The van der Waals surface area contributed by atoms with Crippen molar-refractivity contribution in [3.63, 3.8) is 0 Å². The van der Waals surface area contributed by atoms with Gasteiger partial charge in [-0.15, -0.1) is 0 Å². The average molecular weight is 242 g/mol. The molecule has 1 aromatic carbocycles. The highest BCUT2D eigenvalue weighted by Gasteiger charge is 2.10. The van der Waals surface area contributed by atoms with Gasteiger partial charge in [0.05, 0.1) is 0 Å². The van der Waals surface area contributed by atoms with Crippen LogP contribution >= 0.6 is 0 Å². The summed E-state index contributed by atoms with van der Waals surface area (Å²) in [5.74, 6) is 0. The van der Waals surface area contributed by atoms with Crippen LogP contribution in [0.3, 0.4) is 0 Å². The van der Waals surface area contributed by atoms with E-state index in [1.807, 2.05) is 0 Å². The van der Waals surface area contributed by atoms with Crippen LogP contribution < -0.4 is 5.32 Å². The van der Waals surface area contributed by atoms with Crippen LogP contribution in [0.15, 0.2) is 48.7 Å². The molecule has 0 saturated heterocycles. The summed E-state index contributed by atoms with van der Waals surface area (Å²) in [4.78, 5) is 0. The van der Waals surface area contributed by atoms with Gasteiger partial charge >= 0.3 is 0 Å². The van der Waals surface area contributed by atoms with Gasteiger partial charge in [0, 0.05) is 30.5 Å². The first kappa shape index (κ1) is 12.9. The minimum absolute atomic E-state index is 0.155. The third-order valence-corrected chi connectivity index (χ3v) is 2.92. The summed E-state index contributed by atoms with van der Waals surface area (Å²) in [6, 6.07) is 14.9. The molecule has 0 aliphatic rings. The molecule has 0 bridgehead atoms. The second kappa shape index (κ2) is 5.40. The van der Waals surface area contributed by atoms with E-state index in [-0.39, 0.29) is 5.54 Å². The normalized spacial score (nSPS) is 11.7. The first-order chi connectivity index (χ1) is 8.54. The van der Waals surface area contributed by atoms with Crippen LogP contribution in [0.5, 0.6) is 0 Å². The molecule has 2 nitrogen and oxygen atoms in total. The maximum absolute atomic E-state index is 3.53. The van der Waals surface area contributed by atoms with Gasteiger partial charge in [0.1, 0.15) is 0 Å². The minimum atomic E-state index is 0.155. The maximum atomic E-state index is 3.53. The predicted octanol–water partition coefficient (Wildman–Crippen LogP) is 3.42. The number of hydrogen-bond donors (Lipinski definition) is 1. The molecular formula is C16H22N2. The highest BCUT2D eigenvalue weighted by Crippen LogP contribution is 2.09. The Kier molecular flexibility index (Phi) is 3.87. The van der Waals surface area contributed by atoms with Crippen LogP contribution in [-0.2, 0) is 13.1 Å². The molecule has 2 rings (SSSR count). The third-order valence-electron chi connectivity index (χ3n) is 2.92. The van der Waals surface area contributed by atoms with E-state index in [2.05, 4.69) is 79.3 Å². The van der Waals surface area contributed by atoms with Crippen molar-refractivity contribution in [2.24, 2.45) is 0 Å². The topological polar surface area (TPSA) is 17.0 Å². The molecule has 0 amide bonds. The Hall–Kier alpha value is -1.54. The first-order valence-electron chi connectivity index (χ1n) is 6.47. The van der Waals surface area contributed by atoms with Gasteiger partial charge < -0.3 is 9.88 Å². The molecular weight excluding hydrogens is 220 g/mol. The van der Waals surface area contributed by atoms with E-state index in [1.165, 1.54) is 11.3 Å². The lowest BCUT2D eigenvalue weighted by molar-refractivity contribution is 0.417. The fourth-order valence-electron chi connectivity index (χ4n) is 1.90. The number of benzene rings is 1. The molecule has 2 heteroatoms. The van der Waals surface area contributed by atoms with Crippen molar-refractivity contribution in [1.82, 2.24) is 9.88 Å². The van der Waals surface area contributed by atoms with Crippen LogP contribution in [-0.4, -0.2) is 10.1 Å². The molecule has 18 heavy (non-hydrogen) atoms. The Morgan fingerprint density at radius 1 is 1.00 bits per heavy atom. The van der Waals surface area contributed by atoms with E-state index in [4.69, 9.17) is 0 Å². The second-order valence-electron chi connectivity index (χ2n) is 5.72. The van der Waals surface area contributed by atoms with Gasteiger partial charge in [0.25, 0.3) is 0 Å². The van der Waals surface area contributed by atoms with Crippen LogP contribution in [0.25, 0.3) is 0 Å². The van der Waals surface area contributed by atoms with Crippen molar-refractivity contribution in [1.29, 1.82) is 0 Å². The maximum Gasteiger partial charge on any atom is 0.0473 e. The van der Waals surface area contributed by atoms with Crippen LogP contribution in [0.2, 0.25) is 0 Å². The van der Waals surface area contributed by atoms with Crippen molar-refractivity contribution < 1.29 is 0 Å². The van der Waals surface area contributed by atoms with E-state index in [0.29, 0.717) is 0 Å². The van der Waals surface area contributed by atoms with Crippen molar-refractivity contribution in [3.05, 3.63) is 59.9 Å². The van der Waals surface area contributed by atoms with Crippen molar-refractivity contribution >= 4 is 0 Å². The zero-order valence-corrected chi connectivity index (χ0v) is 11.5. The summed E-state index contributed by atoms with van der Waals surface area (Å²) >= 11 is 0. The Morgan fingerprint density at radius 2 is 1.72 bits per heavy atom. The summed E-state index contributed by atoms with van der Waals surface area (Å²) < 4.78 is 2.30. The number of rotatable bonds is 4. The number of hydrogen-bond acceptors (Lipinski definition) is 1. The molecule has 1 N–H and O–H groups in total. The lowest BCUT2D eigenvalue weighted by atomic mass is 10.1. The van der Waals surface area contributed by atoms with Gasteiger partial charge in [0.2, 0.25) is 0 Å². The van der Waals surface area contributed by atoms with Gasteiger partial charge in [-0.2, -0.15) is 0 Å². The fourth-order valence-corrected chi connectivity index (χ4v) is 1.90. The lowest BCUT2D eigenvalue weighted by Gasteiger charge is -2.21. The highest BCUT2D eigenvalue weighted by molar-refractivity contribution is 5.17. The Bertz CT molecular complexity index is 477. The summed E-state index contributed by atoms with van der Waals surface area (Å²) in [6.45, 7) is 8.42. The zero-order valence-electron chi connectivity index (χ0n) is 11.5. The largest absolute Gasteiger partial charge is 0.346 e. The quantitative estimate of drug-likeness (QED) is 0.869. The second-order valence-corrected chi connectivity index (χ2v) is 5.72. The summed E-state index contributed by atoms with van der Waals surface area (Å²) in [5, 5.41) is 3.53. The molecule has 1 heterocycles. The van der Waals surface area contributed by atoms with E-state index in [9.17, 15) is 0 Å². The van der Waals surface area contributed by atoms with Gasteiger partial charge in [-0.3, -0.25) is 0 Å². The Balaban J connectivity index is 2.04. The standard InChI is InChI=1S/C16H22N2/c1-16(2,3)17-12-15-10-7-11-18(15)13-14-8-5-4-6-9-14/h4-11,17H,12-13H2,1-3H3. The van der Waals surface area contributed by atoms with E-state index in [1.54, 1.807) is 0 Å². The molecule has 0 aliphatic carbocycles. The van der Waals surface area contributed by atoms with E-state index in [0.717, 1.165) is 13.1 Å². The SMILES string of the molecule is CC(C)(C)NCc1cccn1Cc1ccccc1. The number of nitrogens with zero attached hydrogens (tertiary/aromatic N) is 1. The molecule has 0 radical (unpaired) electrons. The monoisotopic (exact) mass is 242 g/mol.